The monoisotopic (exact) mass is 378 g/mol. The van der Waals surface area contributed by atoms with Gasteiger partial charge in [-0.05, 0) is 41.4 Å². The smallest absolute Gasteiger partial charge is 0.0204 e. The van der Waals surface area contributed by atoms with E-state index in [9.17, 15) is 0 Å². The number of fused-ring (bicyclic) bond motifs is 1. The molecule has 0 spiro atoms. The Morgan fingerprint density at radius 3 is 1.37 bits per heavy atom. The molecule has 3 fully saturated rings. The summed E-state index contributed by atoms with van der Waals surface area (Å²) >= 11 is 0. The minimum Gasteiger partial charge on any atom is -0.0654 e. The minimum absolute atomic E-state index is 0.808. The van der Waals surface area contributed by atoms with E-state index in [0.29, 0.717) is 0 Å². The highest BCUT2D eigenvalue weighted by Gasteiger charge is 2.82. The molecule has 0 aromatic rings. The van der Waals surface area contributed by atoms with Crippen LogP contribution < -0.4 is 0 Å². The molecule has 5 atom stereocenters. The van der Waals surface area contributed by atoms with Crippen molar-refractivity contribution in [3.05, 3.63) is 0 Å². The van der Waals surface area contributed by atoms with Gasteiger partial charge in [-0.1, -0.05) is 132 Å². The maximum absolute atomic E-state index is 2.54. The van der Waals surface area contributed by atoms with E-state index in [0.717, 1.165) is 28.6 Å². The molecule has 0 aliphatic heterocycles. The third kappa shape index (κ3) is 6.24. The first kappa shape index (κ1) is 25.0. The van der Waals surface area contributed by atoms with Gasteiger partial charge in [0.15, 0.2) is 0 Å². The van der Waals surface area contributed by atoms with E-state index in [-0.39, 0.29) is 0 Å². The molecule has 3 aliphatic rings. The first-order valence-electron chi connectivity index (χ1n) is 12.9. The molecular weight excluding hydrogens is 324 g/mol. The molecular formula is C27H54. The molecule has 0 radical (unpaired) electrons. The van der Waals surface area contributed by atoms with Gasteiger partial charge < -0.3 is 0 Å². The molecule has 0 saturated heterocycles. The Balaban J connectivity index is 0.000000209. The third-order valence-electron chi connectivity index (χ3n) is 8.57. The van der Waals surface area contributed by atoms with Crippen LogP contribution in [0.15, 0.2) is 0 Å². The molecule has 27 heavy (non-hydrogen) atoms. The van der Waals surface area contributed by atoms with E-state index in [1.54, 1.807) is 6.42 Å². The fourth-order valence-corrected chi connectivity index (χ4v) is 6.35. The van der Waals surface area contributed by atoms with E-state index in [1.165, 1.54) is 89.9 Å². The predicted octanol–water partition coefficient (Wildman–Crippen LogP) is 9.81. The zero-order valence-electron chi connectivity index (χ0n) is 20.3. The molecule has 3 aliphatic carbocycles. The van der Waals surface area contributed by atoms with Crippen molar-refractivity contribution in [2.45, 2.75) is 145 Å². The highest BCUT2D eigenvalue weighted by molar-refractivity contribution is 5.30. The predicted molar refractivity (Wildman–Crippen MR) is 124 cm³/mol. The normalized spacial score (nSPS) is 35.0. The fraction of sp³-hybridized carbons (Fsp3) is 1.00. The molecule has 0 aromatic carbocycles. The van der Waals surface area contributed by atoms with E-state index >= 15 is 0 Å². The van der Waals surface area contributed by atoms with Crippen LogP contribution in [0.2, 0.25) is 0 Å². The molecule has 4 unspecified atom stereocenters. The van der Waals surface area contributed by atoms with Crippen LogP contribution in [-0.2, 0) is 0 Å². The van der Waals surface area contributed by atoms with Crippen LogP contribution in [0.3, 0.4) is 0 Å². The van der Waals surface area contributed by atoms with Gasteiger partial charge in [-0.15, -0.1) is 0 Å². The molecule has 0 bridgehead atoms. The summed E-state index contributed by atoms with van der Waals surface area (Å²) in [5.74, 6) is 3.26. The van der Waals surface area contributed by atoms with E-state index in [4.69, 9.17) is 0 Å². The maximum atomic E-state index is 2.54. The van der Waals surface area contributed by atoms with Crippen molar-refractivity contribution in [3.63, 3.8) is 0 Å². The maximum Gasteiger partial charge on any atom is -0.0204 e. The van der Waals surface area contributed by atoms with Gasteiger partial charge in [-0.3, -0.25) is 0 Å². The minimum atomic E-state index is 0.808. The van der Waals surface area contributed by atoms with Crippen LogP contribution >= 0.6 is 0 Å². The van der Waals surface area contributed by atoms with Crippen LogP contribution in [0.5, 0.6) is 0 Å². The summed E-state index contributed by atoms with van der Waals surface area (Å²) < 4.78 is 0. The average molecular weight is 379 g/mol. The molecule has 0 aromatic heterocycles. The van der Waals surface area contributed by atoms with Gasteiger partial charge in [0.05, 0.1) is 0 Å². The summed E-state index contributed by atoms with van der Waals surface area (Å²) in [5.41, 5.74) is 1.62. The third-order valence-corrected chi connectivity index (χ3v) is 8.57. The number of hydrogen-bond donors (Lipinski definition) is 0. The summed E-state index contributed by atoms with van der Waals surface area (Å²) in [7, 11) is 0. The Kier molecular flexibility index (Phi) is 11.6. The van der Waals surface area contributed by atoms with Crippen LogP contribution in [-0.4, -0.2) is 0 Å². The van der Waals surface area contributed by atoms with Crippen molar-refractivity contribution in [3.8, 4) is 0 Å². The van der Waals surface area contributed by atoms with Gasteiger partial charge in [0.2, 0.25) is 0 Å². The van der Waals surface area contributed by atoms with E-state index in [1.807, 2.05) is 0 Å². The Hall–Kier alpha value is 0. The Morgan fingerprint density at radius 1 is 0.630 bits per heavy atom. The molecule has 162 valence electrons. The van der Waals surface area contributed by atoms with Gasteiger partial charge in [-0.25, -0.2) is 0 Å². The lowest BCUT2D eigenvalue weighted by Crippen LogP contribution is -2.37. The van der Waals surface area contributed by atoms with Gasteiger partial charge in [0, 0.05) is 0 Å². The van der Waals surface area contributed by atoms with E-state index < -0.39 is 0 Å². The van der Waals surface area contributed by atoms with Crippen molar-refractivity contribution in [1.29, 1.82) is 0 Å². The van der Waals surface area contributed by atoms with Crippen molar-refractivity contribution >= 4 is 0 Å². The summed E-state index contributed by atoms with van der Waals surface area (Å²) in [6, 6.07) is 0. The topological polar surface area (TPSA) is 0 Å². The summed E-state index contributed by atoms with van der Waals surface area (Å²) in [6.45, 7) is 16.5. The van der Waals surface area contributed by atoms with Crippen molar-refractivity contribution < 1.29 is 0 Å². The molecule has 3 saturated carbocycles. The number of rotatable bonds is 10. The van der Waals surface area contributed by atoms with Crippen LogP contribution in [0.25, 0.3) is 0 Å². The molecule has 0 nitrogen and oxygen atoms in total. The zero-order valence-corrected chi connectivity index (χ0v) is 20.3. The van der Waals surface area contributed by atoms with Crippen LogP contribution in [0, 0.1) is 28.6 Å². The van der Waals surface area contributed by atoms with Crippen LogP contribution in [0.1, 0.15) is 145 Å². The largest absolute Gasteiger partial charge is 0.0654 e. The lowest BCUT2D eigenvalue weighted by molar-refractivity contribution is 0.0438. The quantitative estimate of drug-likeness (QED) is 0.332. The first-order valence-corrected chi connectivity index (χ1v) is 12.9. The van der Waals surface area contributed by atoms with Crippen molar-refractivity contribution in [2.24, 2.45) is 28.6 Å². The lowest BCUT2D eigenvalue weighted by atomic mass is 9.60. The summed E-state index contributed by atoms with van der Waals surface area (Å²) in [6.07, 6.45) is 21.6. The van der Waals surface area contributed by atoms with E-state index in [2.05, 4.69) is 48.5 Å². The second-order valence-corrected chi connectivity index (χ2v) is 10.4. The Morgan fingerprint density at radius 2 is 1.04 bits per heavy atom. The Bertz CT molecular complexity index is 348. The summed E-state index contributed by atoms with van der Waals surface area (Å²) in [5, 5.41) is 0. The highest BCUT2D eigenvalue weighted by atomic mass is 14.9. The lowest BCUT2D eigenvalue weighted by Gasteiger charge is -2.44. The SMILES string of the molecule is CCCCCCCC.CCCCCCCC.C[C@@H]1CCC2C3(C)CC1C23C. The molecule has 0 amide bonds. The van der Waals surface area contributed by atoms with Gasteiger partial charge >= 0.3 is 0 Å². The van der Waals surface area contributed by atoms with Crippen molar-refractivity contribution in [2.75, 3.05) is 0 Å². The van der Waals surface area contributed by atoms with Gasteiger partial charge in [0.25, 0.3) is 0 Å². The highest BCUT2D eigenvalue weighted by Crippen LogP contribution is 2.88. The number of hydrogen-bond acceptors (Lipinski definition) is 0. The zero-order chi connectivity index (χ0) is 20.3. The second kappa shape index (κ2) is 12.5. The number of unbranched alkanes of at least 4 members (excludes halogenated alkanes) is 10. The fourth-order valence-electron chi connectivity index (χ4n) is 6.35. The first-order chi connectivity index (χ1) is 12.9. The van der Waals surface area contributed by atoms with Gasteiger partial charge in [-0.2, -0.15) is 0 Å². The van der Waals surface area contributed by atoms with Gasteiger partial charge in [0.1, 0.15) is 0 Å². The standard InChI is InChI=1S/C11H18.2C8H18/c1-7-4-5-9-10(2)6-8(7)11(9,10)3;2*1-3-5-7-8-6-4-2/h7-9H,4-6H2,1-3H3;2*3-8H2,1-2H3/t7-,8?,9?,10?,11?;;/m1../s1. The molecule has 3 rings (SSSR count). The molecule has 0 N–H and O–H groups in total. The molecule has 0 heterocycles. The average Bonchev–Trinajstić information content (AvgIpc) is 3.11. The molecule has 0 heteroatoms. The second-order valence-electron chi connectivity index (χ2n) is 10.4. The van der Waals surface area contributed by atoms with Crippen LogP contribution in [0.4, 0.5) is 0 Å². The summed E-state index contributed by atoms with van der Waals surface area (Å²) in [4.78, 5) is 0. The van der Waals surface area contributed by atoms with Crippen molar-refractivity contribution in [1.82, 2.24) is 0 Å². The Labute approximate surface area is 173 Å².